The molecule has 0 bridgehead atoms. The second-order valence-electron chi connectivity index (χ2n) is 4.66. The lowest BCUT2D eigenvalue weighted by molar-refractivity contribution is -0.136. The van der Waals surface area contributed by atoms with Gasteiger partial charge in [0, 0.05) is 17.4 Å². The van der Waals surface area contributed by atoms with Crippen LogP contribution in [0, 0.1) is 0 Å². The molecule has 0 fully saturated rings. The number of hydrogen-bond donors (Lipinski definition) is 1. The number of carboxylic acids is 1. The predicted molar refractivity (Wildman–Crippen MR) is 81.4 cm³/mol. The van der Waals surface area contributed by atoms with Gasteiger partial charge in [-0.05, 0) is 25.5 Å². The van der Waals surface area contributed by atoms with Crippen molar-refractivity contribution in [3.05, 3.63) is 27.4 Å². The van der Waals surface area contributed by atoms with E-state index in [9.17, 15) is 4.79 Å². The Hall–Kier alpha value is -1.24. The summed E-state index contributed by atoms with van der Waals surface area (Å²) in [6, 6.07) is 3.78. The number of thiazole rings is 1. The van der Waals surface area contributed by atoms with E-state index >= 15 is 0 Å². The quantitative estimate of drug-likeness (QED) is 0.882. The Kier molecular flexibility index (Phi) is 4.57. The van der Waals surface area contributed by atoms with Crippen LogP contribution in [0.2, 0.25) is 0 Å². The van der Waals surface area contributed by atoms with E-state index in [0.29, 0.717) is 0 Å². The van der Waals surface area contributed by atoms with Crippen LogP contribution >= 0.6 is 22.7 Å². The number of methoxy groups -OCH3 is 1. The monoisotopic (exact) mass is 311 g/mol. The molecule has 0 spiro atoms. The van der Waals surface area contributed by atoms with Crippen molar-refractivity contribution in [2.75, 3.05) is 7.11 Å². The van der Waals surface area contributed by atoms with Gasteiger partial charge in [-0.15, -0.1) is 22.7 Å². The Balaban J connectivity index is 2.24. The third-order valence-corrected chi connectivity index (χ3v) is 5.52. The summed E-state index contributed by atoms with van der Waals surface area (Å²) in [4.78, 5) is 17.2. The van der Waals surface area contributed by atoms with Crippen molar-refractivity contribution in [1.82, 2.24) is 4.98 Å². The van der Waals surface area contributed by atoms with Crippen molar-refractivity contribution in [2.45, 2.75) is 32.3 Å². The number of thiophene rings is 1. The van der Waals surface area contributed by atoms with E-state index < -0.39 is 5.97 Å². The predicted octanol–water partition coefficient (Wildman–Crippen LogP) is 3.77. The van der Waals surface area contributed by atoms with Crippen LogP contribution in [0.4, 0.5) is 0 Å². The highest BCUT2D eigenvalue weighted by Crippen LogP contribution is 2.35. The maximum atomic E-state index is 10.7. The molecule has 0 aliphatic carbocycles. The van der Waals surface area contributed by atoms with Gasteiger partial charge in [0.15, 0.2) is 0 Å². The van der Waals surface area contributed by atoms with Crippen molar-refractivity contribution in [3.63, 3.8) is 0 Å². The molecule has 0 aromatic carbocycles. The number of ether oxygens (including phenoxy) is 1. The van der Waals surface area contributed by atoms with Crippen LogP contribution in [0.25, 0.3) is 10.6 Å². The highest BCUT2D eigenvalue weighted by Gasteiger charge is 2.27. The Labute approximate surface area is 126 Å². The number of hydrogen-bond acceptors (Lipinski definition) is 5. The molecule has 0 aliphatic rings. The summed E-state index contributed by atoms with van der Waals surface area (Å²) in [6.07, 6.45) is 0.914. The number of carboxylic acid groups (broad SMARTS) is 1. The average Bonchev–Trinajstić information content (AvgIpc) is 3.05. The van der Waals surface area contributed by atoms with Crippen LogP contribution in [0.1, 0.15) is 30.2 Å². The first-order valence-electron chi connectivity index (χ1n) is 6.30. The molecule has 6 heteroatoms. The number of aliphatic carboxylic acids is 1. The number of carbonyl (C=O) groups is 1. The molecule has 1 unspecified atom stereocenters. The first-order chi connectivity index (χ1) is 9.48. The number of nitrogens with zero attached hydrogens (tertiary/aromatic N) is 1. The van der Waals surface area contributed by atoms with E-state index in [-0.39, 0.29) is 12.0 Å². The third-order valence-electron chi connectivity index (χ3n) is 3.32. The number of rotatable bonds is 6. The van der Waals surface area contributed by atoms with Gasteiger partial charge in [-0.2, -0.15) is 0 Å². The standard InChI is InChI=1S/C14H17NO3S2/c1-4-14(2,18-3)13-15-10(8-19-13)11-6-5-9(20-11)7-12(16)17/h5-6,8H,4,7H2,1-3H3,(H,16,17). The van der Waals surface area contributed by atoms with E-state index in [1.807, 2.05) is 24.4 Å². The van der Waals surface area contributed by atoms with Gasteiger partial charge in [-0.25, -0.2) is 4.98 Å². The summed E-state index contributed by atoms with van der Waals surface area (Å²) < 4.78 is 5.55. The molecule has 4 nitrogen and oxygen atoms in total. The topological polar surface area (TPSA) is 59.4 Å². The molecule has 0 saturated heterocycles. The lowest BCUT2D eigenvalue weighted by Gasteiger charge is -2.23. The molecule has 2 aromatic heterocycles. The fourth-order valence-corrected chi connectivity index (χ4v) is 3.84. The van der Waals surface area contributed by atoms with Crippen molar-refractivity contribution in [2.24, 2.45) is 0 Å². The lowest BCUT2D eigenvalue weighted by Crippen LogP contribution is -2.22. The molecular weight excluding hydrogens is 294 g/mol. The zero-order chi connectivity index (χ0) is 14.8. The molecule has 2 rings (SSSR count). The molecule has 1 atom stereocenters. The van der Waals surface area contributed by atoms with Crippen LogP contribution in [0.5, 0.6) is 0 Å². The number of aromatic nitrogens is 1. The maximum absolute atomic E-state index is 10.7. The van der Waals surface area contributed by atoms with E-state index in [4.69, 9.17) is 9.84 Å². The van der Waals surface area contributed by atoms with Crippen molar-refractivity contribution in [3.8, 4) is 10.6 Å². The maximum Gasteiger partial charge on any atom is 0.308 e. The molecule has 108 valence electrons. The molecule has 1 N–H and O–H groups in total. The smallest absolute Gasteiger partial charge is 0.308 e. The molecule has 2 aromatic rings. The van der Waals surface area contributed by atoms with Gasteiger partial charge in [0.05, 0.1) is 17.0 Å². The van der Waals surface area contributed by atoms with Gasteiger partial charge in [0.2, 0.25) is 0 Å². The lowest BCUT2D eigenvalue weighted by atomic mass is 10.1. The molecule has 0 saturated carbocycles. The molecule has 0 aliphatic heterocycles. The fraction of sp³-hybridized carbons (Fsp3) is 0.429. The van der Waals surface area contributed by atoms with Crippen LogP contribution in [0.15, 0.2) is 17.5 Å². The summed E-state index contributed by atoms with van der Waals surface area (Å²) in [5.41, 5.74) is 0.535. The highest BCUT2D eigenvalue weighted by molar-refractivity contribution is 7.16. The van der Waals surface area contributed by atoms with Gasteiger partial charge < -0.3 is 9.84 Å². The molecule has 20 heavy (non-hydrogen) atoms. The molecule has 2 heterocycles. The Morgan fingerprint density at radius 3 is 2.85 bits per heavy atom. The van der Waals surface area contributed by atoms with Crippen LogP contribution in [-0.2, 0) is 21.6 Å². The van der Waals surface area contributed by atoms with Crippen LogP contribution in [-0.4, -0.2) is 23.2 Å². The van der Waals surface area contributed by atoms with Gasteiger partial charge in [0.1, 0.15) is 10.6 Å². The van der Waals surface area contributed by atoms with Gasteiger partial charge in [-0.1, -0.05) is 6.92 Å². The van der Waals surface area contributed by atoms with Crippen LogP contribution < -0.4 is 0 Å². The van der Waals surface area contributed by atoms with Gasteiger partial charge in [-0.3, -0.25) is 4.79 Å². The van der Waals surface area contributed by atoms with Crippen molar-refractivity contribution in [1.29, 1.82) is 0 Å². The van der Waals surface area contributed by atoms with Crippen molar-refractivity contribution < 1.29 is 14.6 Å². The Morgan fingerprint density at radius 1 is 1.50 bits per heavy atom. The summed E-state index contributed by atoms with van der Waals surface area (Å²) in [7, 11) is 1.70. The zero-order valence-corrected chi connectivity index (χ0v) is 13.3. The minimum atomic E-state index is -0.810. The average molecular weight is 311 g/mol. The Morgan fingerprint density at radius 2 is 2.25 bits per heavy atom. The normalized spacial score (nSPS) is 14.2. The molecule has 0 amide bonds. The second kappa shape index (κ2) is 6.03. The zero-order valence-electron chi connectivity index (χ0n) is 11.7. The molecule has 0 radical (unpaired) electrons. The van der Waals surface area contributed by atoms with E-state index in [1.54, 1.807) is 18.4 Å². The van der Waals surface area contributed by atoms with Gasteiger partial charge in [0.25, 0.3) is 0 Å². The first-order valence-corrected chi connectivity index (χ1v) is 8.00. The van der Waals surface area contributed by atoms with Gasteiger partial charge >= 0.3 is 5.97 Å². The molecular formula is C14H17NO3S2. The SMILES string of the molecule is CCC(C)(OC)c1nc(-c2ccc(CC(=O)O)s2)cs1. The highest BCUT2D eigenvalue weighted by atomic mass is 32.1. The summed E-state index contributed by atoms with van der Waals surface area (Å²) in [6.45, 7) is 4.10. The summed E-state index contributed by atoms with van der Waals surface area (Å²) >= 11 is 3.05. The first kappa shape index (κ1) is 15.2. The minimum absolute atomic E-state index is 0.0619. The van der Waals surface area contributed by atoms with E-state index in [1.165, 1.54) is 11.3 Å². The summed E-state index contributed by atoms with van der Waals surface area (Å²) in [5, 5.41) is 11.7. The van der Waals surface area contributed by atoms with E-state index in [0.717, 1.165) is 26.9 Å². The van der Waals surface area contributed by atoms with Crippen LogP contribution in [0.3, 0.4) is 0 Å². The largest absolute Gasteiger partial charge is 0.481 e. The van der Waals surface area contributed by atoms with Crippen molar-refractivity contribution >= 4 is 28.6 Å². The second-order valence-corrected chi connectivity index (χ2v) is 6.69. The Bertz CT molecular complexity index is 599. The van der Waals surface area contributed by atoms with E-state index in [2.05, 4.69) is 11.9 Å². The fourth-order valence-electron chi connectivity index (χ4n) is 1.77. The third kappa shape index (κ3) is 3.08. The minimum Gasteiger partial charge on any atom is -0.481 e. The summed E-state index contributed by atoms with van der Waals surface area (Å²) in [5.74, 6) is -0.810.